The SMILES string of the molecule is COc1ccc(OC)c(C(C)N2CCC(C(=O)O)CC2)c1. The lowest BCUT2D eigenvalue weighted by Gasteiger charge is -2.35. The lowest BCUT2D eigenvalue weighted by atomic mass is 9.94. The Hall–Kier alpha value is -1.75. The summed E-state index contributed by atoms with van der Waals surface area (Å²) >= 11 is 0. The number of benzene rings is 1. The minimum atomic E-state index is -0.679. The third-order valence-corrected chi connectivity index (χ3v) is 4.31. The van der Waals surface area contributed by atoms with Crippen LogP contribution in [-0.2, 0) is 4.79 Å². The Morgan fingerprint density at radius 3 is 2.48 bits per heavy atom. The van der Waals surface area contributed by atoms with Crippen LogP contribution < -0.4 is 9.47 Å². The quantitative estimate of drug-likeness (QED) is 0.904. The molecule has 0 aliphatic carbocycles. The molecule has 116 valence electrons. The zero-order valence-electron chi connectivity index (χ0n) is 12.8. The summed E-state index contributed by atoms with van der Waals surface area (Å²) in [4.78, 5) is 13.3. The molecule has 0 saturated carbocycles. The minimum Gasteiger partial charge on any atom is -0.497 e. The van der Waals surface area contributed by atoms with E-state index in [0.29, 0.717) is 12.8 Å². The maximum absolute atomic E-state index is 11.0. The van der Waals surface area contributed by atoms with Crippen molar-refractivity contribution >= 4 is 5.97 Å². The number of rotatable bonds is 5. The molecule has 1 saturated heterocycles. The molecule has 1 aromatic rings. The summed E-state index contributed by atoms with van der Waals surface area (Å²) in [6, 6.07) is 5.96. The molecule has 1 heterocycles. The molecule has 0 amide bonds. The van der Waals surface area contributed by atoms with Crippen molar-refractivity contribution in [3.8, 4) is 11.5 Å². The van der Waals surface area contributed by atoms with Gasteiger partial charge in [-0.25, -0.2) is 0 Å². The Kier molecular flexibility index (Phi) is 5.07. The summed E-state index contributed by atoms with van der Waals surface area (Å²) in [5, 5.41) is 9.08. The number of ether oxygens (including phenoxy) is 2. The molecule has 0 bridgehead atoms. The second kappa shape index (κ2) is 6.80. The van der Waals surface area contributed by atoms with Crippen LogP contribution in [0.1, 0.15) is 31.4 Å². The first-order chi connectivity index (χ1) is 10.1. The van der Waals surface area contributed by atoms with Crippen LogP contribution in [-0.4, -0.2) is 43.3 Å². The van der Waals surface area contributed by atoms with Gasteiger partial charge in [-0.3, -0.25) is 9.69 Å². The van der Waals surface area contributed by atoms with Crippen molar-refractivity contribution in [3.63, 3.8) is 0 Å². The van der Waals surface area contributed by atoms with E-state index in [1.807, 2.05) is 18.2 Å². The largest absolute Gasteiger partial charge is 0.497 e. The summed E-state index contributed by atoms with van der Waals surface area (Å²) in [6.07, 6.45) is 1.40. The van der Waals surface area contributed by atoms with E-state index in [9.17, 15) is 4.79 Å². The van der Waals surface area contributed by atoms with Crippen LogP contribution in [0.25, 0.3) is 0 Å². The van der Waals surface area contributed by atoms with Crippen LogP contribution in [0.4, 0.5) is 0 Å². The summed E-state index contributed by atoms with van der Waals surface area (Å²) in [6.45, 7) is 3.70. The second-order valence-corrected chi connectivity index (χ2v) is 5.43. The standard InChI is InChI=1S/C16H23NO4/c1-11(17-8-6-12(7-9-17)16(18)19)14-10-13(20-2)4-5-15(14)21-3/h4-5,10-12H,6-9H2,1-3H3,(H,18,19). The molecular weight excluding hydrogens is 270 g/mol. The number of hydrogen-bond donors (Lipinski definition) is 1. The van der Waals surface area contributed by atoms with E-state index in [-0.39, 0.29) is 12.0 Å². The molecule has 1 N–H and O–H groups in total. The Labute approximate surface area is 125 Å². The van der Waals surface area contributed by atoms with Gasteiger partial charge in [-0.15, -0.1) is 0 Å². The van der Waals surface area contributed by atoms with E-state index in [2.05, 4.69) is 11.8 Å². The fourth-order valence-electron chi connectivity index (χ4n) is 2.90. The molecule has 0 aromatic heterocycles. The van der Waals surface area contributed by atoms with Crippen LogP contribution in [0.2, 0.25) is 0 Å². The van der Waals surface area contributed by atoms with Crippen molar-refractivity contribution in [1.82, 2.24) is 4.90 Å². The third-order valence-electron chi connectivity index (χ3n) is 4.31. The monoisotopic (exact) mass is 293 g/mol. The molecular formula is C16H23NO4. The predicted octanol–water partition coefficient (Wildman–Crippen LogP) is 2.56. The highest BCUT2D eigenvalue weighted by molar-refractivity contribution is 5.70. The van der Waals surface area contributed by atoms with Gasteiger partial charge in [0, 0.05) is 11.6 Å². The molecule has 1 atom stereocenters. The van der Waals surface area contributed by atoms with E-state index < -0.39 is 5.97 Å². The summed E-state index contributed by atoms with van der Waals surface area (Å²) < 4.78 is 10.7. The number of carboxylic acid groups (broad SMARTS) is 1. The zero-order chi connectivity index (χ0) is 15.4. The van der Waals surface area contributed by atoms with Crippen molar-refractivity contribution in [2.75, 3.05) is 27.3 Å². The van der Waals surface area contributed by atoms with Crippen LogP contribution in [0.3, 0.4) is 0 Å². The predicted molar refractivity (Wildman–Crippen MR) is 79.9 cm³/mol. The van der Waals surface area contributed by atoms with Crippen molar-refractivity contribution in [3.05, 3.63) is 23.8 Å². The molecule has 1 aromatic carbocycles. The Morgan fingerprint density at radius 1 is 1.29 bits per heavy atom. The fraction of sp³-hybridized carbons (Fsp3) is 0.562. The normalized spacial score (nSPS) is 18.2. The molecule has 0 spiro atoms. The molecule has 5 heteroatoms. The van der Waals surface area contributed by atoms with Crippen molar-refractivity contribution in [2.45, 2.75) is 25.8 Å². The number of hydrogen-bond acceptors (Lipinski definition) is 4. The first-order valence-electron chi connectivity index (χ1n) is 7.25. The zero-order valence-corrected chi connectivity index (χ0v) is 12.8. The summed E-state index contributed by atoms with van der Waals surface area (Å²) in [7, 11) is 3.31. The number of methoxy groups -OCH3 is 2. The molecule has 1 aliphatic rings. The van der Waals surface area contributed by atoms with Crippen molar-refractivity contribution in [2.24, 2.45) is 5.92 Å². The molecule has 1 aliphatic heterocycles. The average Bonchev–Trinajstić information content (AvgIpc) is 2.53. The van der Waals surface area contributed by atoms with Gasteiger partial charge in [0.2, 0.25) is 0 Å². The highest BCUT2D eigenvalue weighted by Gasteiger charge is 2.28. The van der Waals surface area contributed by atoms with Gasteiger partial charge in [0.05, 0.1) is 20.1 Å². The second-order valence-electron chi connectivity index (χ2n) is 5.43. The Morgan fingerprint density at radius 2 is 1.95 bits per heavy atom. The van der Waals surface area contributed by atoms with E-state index in [0.717, 1.165) is 30.2 Å². The van der Waals surface area contributed by atoms with Gasteiger partial charge in [0.25, 0.3) is 0 Å². The molecule has 21 heavy (non-hydrogen) atoms. The van der Waals surface area contributed by atoms with Gasteiger partial charge in [-0.2, -0.15) is 0 Å². The maximum Gasteiger partial charge on any atom is 0.306 e. The number of carbonyl (C=O) groups is 1. The van der Waals surface area contributed by atoms with Gasteiger partial charge in [-0.05, 0) is 51.1 Å². The number of likely N-dealkylation sites (tertiary alicyclic amines) is 1. The molecule has 2 rings (SSSR count). The molecule has 0 radical (unpaired) electrons. The average molecular weight is 293 g/mol. The number of piperidine rings is 1. The first kappa shape index (κ1) is 15.6. The van der Waals surface area contributed by atoms with Gasteiger partial charge >= 0.3 is 5.97 Å². The van der Waals surface area contributed by atoms with Gasteiger partial charge in [0.15, 0.2) is 0 Å². The topological polar surface area (TPSA) is 59.0 Å². The highest BCUT2D eigenvalue weighted by Crippen LogP contribution is 2.34. The third kappa shape index (κ3) is 3.47. The van der Waals surface area contributed by atoms with Crippen LogP contribution in [0, 0.1) is 5.92 Å². The number of aliphatic carboxylic acids is 1. The van der Waals surface area contributed by atoms with Crippen molar-refractivity contribution in [1.29, 1.82) is 0 Å². The number of nitrogens with zero attached hydrogens (tertiary/aromatic N) is 1. The Balaban J connectivity index is 2.13. The maximum atomic E-state index is 11.0. The lowest BCUT2D eigenvalue weighted by molar-refractivity contribution is -0.143. The number of carboxylic acids is 1. The van der Waals surface area contributed by atoms with E-state index in [4.69, 9.17) is 14.6 Å². The van der Waals surface area contributed by atoms with Crippen LogP contribution in [0.5, 0.6) is 11.5 Å². The lowest BCUT2D eigenvalue weighted by Crippen LogP contribution is -2.37. The highest BCUT2D eigenvalue weighted by atomic mass is 16.5. The van der Waals surface area contributed by atoms with Crippen LogP contribution in [0.15, 0.2) is 18.2 Å². The minimum absolute atomic E-state index is 0.171. The van der Waals surface area contributed by atoms with E-state index in [1.165, 1.54) is 0 Å². The fourth-order valence-corrected chi connectivity index (χ4v) is 2.90. The van der Waals surface area contributed by atoms with Gasteiger partial charge in [0.1, 0.15) is 11.5 Å². The molecule has 1 unspecified atom stereocenters. The van der Waals surface area contributed by atoms with E-state index in [1.54, 1.807) is 14.2 Å². The van der Waals surface area contributed by atoms with Gasteiger partial charge < -0.3 is 14.6 Å². The molecule has 5 nitrogen and oxygen atoms in total. The Bertz CT molecular complexity index is 495. The molecule has 1 fully saturated rings. The summed E-state index contributed by atoms with van der Waals surface area (Å²) in [5.41, 5.74) is 1.07. The van der Waals surface area contributed by atoms with Crippen LogP contribution >= 0.6 is 0 Å². The smallest absolute Gasteiger partial charge is 0.306 e. The van der Waals surface area contributed by atoms with Crippen molar-refractivity contribution < 1.29 is 19.4 Å². The van der Waals surface area contributed by atoms with E-state index >= 15 is 0 Å². The first-order valence-corrected chi connectivity index (χ1v) is 7.25. The van der Waals surface area contributed by atoms with Gasteiger partial charge in [-0.1, -0.05) is 0 Å². The summed E-state index contributed by atoms with van der Waals surface area (Å²) in [5.74, 6) is 0.753.